The van der Waals surface area contributed by atoms with Gasteiger partial charge in [0.2, 0.25) is 5.91 Å². The van der Waals surface area contributed by atoms with Crippen LogP contribution in [0.4, 0.5) is 0 Å². The average molecular weight is 262 g/mol. The van der Waals surface area contributed by atoms with Gasteiger partial charge in [-0.1, -0.05) is 6.07 Å². The van der Waals surface area contributed by atoms with E-state index in [0.29, 0.717) is 13.1 Å². The fourth-order valence-electron chi connectivity index (χ4n) is 1.96. The van der Waals surface area contributed by atoms with Gasteiger partial charge in [-0.25, -0.2) is 4.79 Å². The fourth-order valence-corrected chi connectivity index (χ4v) is 1.96. The van der Waals surface area contributed by atoms with Crippen molar-refractivity contribution in [1.29, 1.82) is 0 Å². The van der Waals surface area contributed by atoms with Crippen molar-refractivity contribution in [2.75, 3.05) is 13.1 Å². The summed E-state index contributed by atoms with van der Waals surface area (Å²) in [7, 11) is 0. The molecule has 2 rings (SSSR count). The van der Waals surface area contributed by atoms with Gasteiger partial charge in [0.05, 0.1) is 11.0 Å². The number of imidazole rings is 1. The lowest BCUT2D eigenvalue weighted by Gasteiger charge is -2.14. The van der Waals surface area contributed by atoms with Gasteiger partial charge in [0, 0.05) is 26.1 Å². The van der Waals surface area contributed by atoms with Crippen molar-refractivity contribution in [2.45, 2.75) is 19.9 Å². The smallest absolute Gasteiger partial charge is 0.323 e. The number of fused-ring (bicyclic) bond motifs is 1. The van der Waals surface area contributed by atoms with Crippen molar-refractivity contribution in [2.24, 2.45) is 0 Å². The van der Waals surface area contributed by atoms with Gasteiger partial charge in [0.25, 0.3) is 0 Å². The van der Waals surface area contributed by atoms with Crippen molar-refractivity contribution in [3.05, 3.63) is 34.2 Å². The average Bonchev–Trinajstić information content (AvgIpc) is 2.73. The van der Waals surface area contributed by atoms with Crippen LogP contribution in [0.3, 0.4) is 0 Å². The molecule has 1 aromatic carbocycles. The minimum atomic E-state index is -0.196. The summed E-state index contributed by atoms with van der Waals surface area (Å²) >= 11 is 0. The highest BCUT2D eigenvalue weighted by molar-refractivity contribution is 5.75. The van der Waals surface area contributed by atoms with Crippen LogP contribution in [0.25, 0.3) is 11.0 Å². The number of carbonyl (C=O) groups excluding carboxylic acids is 1. The highest BCUT2D eigenvalue weighted by atomic mass is 16.1. The summed E-state index contributed by atoms with van der Waals surface area (Å²) < 4.78 is 0. The zero-order valence-corrected chi connectivity index (χ0v) is 11.0. The summed E-state index contributed by atoms with van der Waals surface area (Å²) in [6.45, 7) is 4.84. The Bertz CT molecular complexity index is 629. The van der Waals surface area contributed by atoms with Gasteiger partial charge in [-0.05, 0) is 24.6 Å². The van der Waals surface area contributed by atoms with Gasteiger partial charge in [0.1, 0.15) is 0 Å². The zero-order chi connectivity index (χ0) is 13.8. The van der Waals surface area contributed by atoms with Crippen LogP contribution in [0.2, 0.25) is 0 Å². The molecule has 1 atom stereocenters. The Morgan fingerprint density at radius 3 is 2.74 bits per heavy atom. The molecule has 1 unspecified atom stereocenters. The Balaban J connectivity index is 1.98. The summed E-state index contributed by atoms with van der Waals surface area (Å²) in [5.41, 5.74) is 2.50. The van der Waals surface area contributed by atoms with Crippen molar-refractivity contribution < 1.29 is 4.79 Å². The number of aromatic amines is 2. The molecule has 102 valence electrons. The molecule has 4 N–H and O–H groups in total. The zero-order valence-electron chi connectivity index (χ0n) is 11.0. The molecule has 0 saturated heterocycles. The van der Waals surface area contributed by atoms with Gasteiger partial charge in [-0.2, -0.15) is 0 Å². The van der Waals surface area contributed by atoms with Crippen molar-refractivity contribution in [1.82, 2.24) is 20.6 Å². The molecule has 0 saturated carbocycles. The maximum Gasteiger partial charge on any atom is 0.323 e. The van der Waals surface area contributed by atoms with Crippen LogP contribution < -0.4 is 16.3 Å². The lowest BCUT2D eigenvalue weighted by atomic mass is 10.1. The molecule has 1 heterocycles. The predicted molar refractivity (Wildman–Crippen MR) is 74.0 cm³/mol. The molecule has 6 heteroatoms. The predicted octanol–water partition coefficient (Wildman–Crippen LogP) is 0.643. The van der Waals surface area contributed by atoms with E-state index < -0.39 is 0 Å². The lowest BCUT2D eigenvalue weighted by molar-refractivity contribution is -0.118. The highest BCUT2D eigenvalue weighted by Crippen LogP contribution is 2.16. The molecule has 1 amide bonds. The monoisotopic (exact) mass is 262 g/mol. The van der Waals surface area contributed by atoms with Crippen LogP contribution in [0.5, 0.6) is 0 Å². The lowest BCUT2D eigenvalue weighted by Crippen LogP contribution is -2.31. The van der Waals surface area contributed by atoms with Gasteiger partial charge in [0.15, 0.2) is 0 Å². The quantitative estimate of drug-likeness (QED) is 0.596. The number of hydrogen-bond donors (Lipinski definition) is 4. The molecule has 2 aromatic rings. The van der Waals surface area contributed by atoms with Gasteiger partial charge in [-0.15, -0.1) is 0 Å². The van der Waals surface area contributed by atoms with Crippen LogP contribution >= 0.6 is 0 Å². The number of nitrogens with one attached hydrogen (secondary N) is 4. The van der Waals surface area contributed by atoms with E-state index in [1.165, 1.54) is 6.92 Å². The van der Waals surface area contributed by atoms with Crippen LogP contribution in [-0.4, -0.2) is 29.0 Å². The Morgan fingerprint density at radius 1 is 1.26 bits per heavy atom. The number of hydrogen-bond acceptors (Lipinski definition) is 3. The summed E-state index contributed by atoms with van der Waals surface area (Å²) in [4.78, 5) is 27.4. The van der Waals surface area contributed by atoms with E-state index in [0.717, 1.165) is 16.6 Å². The summed E-state index contributed by atoms with van der Waals surface area (Å²) in [5.74, 6) is -0.0271. The molecule has 0 bridgehead atoms. The number of aromatic nitrogens is 2. The highest BCUT2D eigenvalue weighted by Gasteiger charge is 2.06. The number of amides is 1. The van der Waals surface area contributed by atoms with Crippen LogP contribution in [0.15, 0.2) is 23.0 Å². The van der Waals surface area contributed by atoms with Gasteiger partial charge < -0.3 is 20.6 Å². The SMILES string of the molecule is CC(=O)NCCNC(C)c1ccc2[nH]c(=O)[nH]c2c1. The third-order valence-corrected chi connectivity index (χ3v) is 2.99. The Labute approximate surface area is 110 Å². The number of benzene rings is 1. The Kier molecular flexibility index (Phi) is 4.01. The minimum absolute atomic E-state index is 0.0271. The maximum atomic E-state index is 11.2. The summed E-state index contributed by atoms with van der Waals surface area (Å²) in [5, 5.41) is 6.04. The third-order valence-electron chi connectivity index (χ3n) is 2.99. The summed E-state index contributed by atoms with van der Waals surface area (Å²) in [6.07, 6.45) is 0. The topological polar surface area (TPSA) is 89.8 Å². The molecule has 6 nitrogen and oxygen atoms in total. The second kappa shape index (κ2) is 5.71. The van der Waals surface area contributed by atoms with E-state index in [1.807, 2.05) is 25.1 Å². The van der Waals surface area contributed by atoms with E-state index >= 15 is 0 Å². The first kappa shape index (κ1) is 13.4. The summed E-state index contributed by atoms with van der Waals surface area (Å²) in [6, 6.07) is 5.96. The number of carbonyl (C=O) groups is 1. The molecule has 0 fully saturated rings. The number of rotatable bonds is 5. The maximum absolute atomic E-state index is 11.2. The molecule has 1 aromatic heterocycles. The molecule has 0 spiro atoms. The van der Waals surface area contributed by atoms with E-state index in [2.05, 4.69) is 20.6 Å². The Morgan fingerprint density at radius 2 is 2.00 bits per heavy atom. The van der Waals surface area contributed by atoms with E-state index in [1.54, 1.807) is 0 Å². The molecule has 0 radical (unpaired) electrons. The normalized spacial score (nSPS) is 12.5. The fraction of sp³-hybridized carbons (Fsp3) is 0.385. The standard InChI is InChI=1S/C13H18N4O2/c1-8(14-5-6-15-9(2)18)10-3-4-11-12(7-10)17-13(19)16-11/h3-4,7-8,14H,5-6H2,1-2H3,(H,15,18)(H2,16,17,19). The van der Waals surface area contributed by atoms with Gasteiger partial charge in [-0.3, -0.25) is 4.79 Å². The molecule has 0 aliphatic heterocycles. The van der Waals surface area contributed by atoms with E-state index in [-0.39, 0.29) is 17.6 Å². The molecule has 0 aliphatic carbocycles. The minimum Gasteiger partial charge on any atom is -0.355 e. The molecule has 19 heavy (non-hydrogen) atoms. The van der Waals surface area contributed by atoms with Gasteiger partial charge >= 0.3 is 5.69 Å². The Hall–Kier alpha value is -2.08. The molecular weight excluding hydrogens is 244 g/mol. The van der Waals surface area contributed by atoms with Crippen molar-refractivity contribution in [3.8, 4) is 0 Å². The second-order valence-corrected chi connectivity index (χ2v) is 4.54. The first-order valence-electron chi connectivity index (χ1n) is 6.26. The molecule has 0 aliphatic rings. The van der Waals surface area contributed by atoms with Crippen molar-refractivity contribution >= 4 is 16.9 Å². The first-order valence-corrected chi connectivity index (χ1v) is 6.26. The van der Waals surface area contributed by atoms with Crippen LogP contribution in [-0.2, 0) is 4.79 Å². The van der Waals surface area contributed by atoms with E-state index in [4.69, 9.17) is 0 Å². The largest absolute Gasteiger partial charge is 0.355 e. The third kappa shape index (κ3) is 3.45. The first-order chi connectivity index (χ1) is 9.06. The number of H-pyrrole nitrogens is 2. The van der Waals surface area contributed by atoms with Crippen LogP contribution in [0, 0.1) is 0 Å². The van der Waals surface area contributed by atoms with Crippen LogP contribution in [0.1, 0.15) is 25.5 Å². The second-order valence-electron chi connectivity index (χ2n) is 4.54. The molecular formula is C13H18N4O2. The van der Waals surface area contributed by atoms with Crippen molar-refractivity contribution in [3.63, 3.8) is 0 Å². The van der Waals surface area contributed by atoms with E-state index in [9.17, 15) is 9.59 Å².